The van der Waals surface area contributed by atoms with Crippen LogP contribution in [0.3, 0.4) is 0 Å². The van der Waals surface area contributed by atoms with Gasteiger partial charge in [0.05, 0.1) is 22.9 Å². The number of benzene rings is 1. The predicted octanol–water partition coefficient (Wildman–Crippen LogP) is 1.43. The second-order valence-electron chi connectivity index (χ2n) is 3.03. The largest absolute Gasteiger partial charge is 0.308 e. The van der Waals surface area contributed by atoms with Crippen LogP contribution in [0, 0.1) is 0 Å². The molecule has 0 aliphatic rings. The first-order valence-corrected chi connectivity index (χ1v) is 5.73. The fraction of sp³-hybridized carbons (Fsp3) is 0.111. The van der Waals surface area contributed by atoms with E-state index in [1.807, 2.05) is 0 Å². The Bertz CT molecular complexity index is 598. The van der Waals surface area contributed by atoms with Crippen LogP contribution in [0.25, 0.3) is 11.0 Å². The summed E-state index contributed by atoms with van der Waals surface area (Å²) >= 11 is 0. The third-order valence-electron chi connectivity index (χ3n) is 1.82. The van der Waals surface area contributed by atoms with Crippen LogP contribution >= 0.6 is 0 Å². The first-order chi connectivity index (χ1) is 7.04. The maximum absolute atomic E-state index is 12.4. The van der Waals surface area contributed by atoms with Gasteiger partial charge in [0, 0.05) is 0 Å². The van der Waals surface area contributed by atoms with Gasteiger partial charge in [0.15, 0.2) is 0 Å². The number of rotatable bonds is 2. The summed E-state index contributed by atoms with van der Waals surface area (Å²) in [6.07, 6.45) is 1.26. The van der Waals surface area contributed by atoms with Gasteiger partial charge in [-0.25, -0.2) is 4.98 Å². The van der Waals surface area contributed by atoms with Gasteiger partial charge in [-0.3, -0.25) is 4.98 Å². The minimum absolute atomic E-state index is 0.108. The Kier molecular flexibility index (Phi) is 2.36. The van der Waals surface area contributed by atoms with E-state index in [1.54, 1.807) is 24.3 Å². The lowest BCUT2D eigenvalue weighted by Gasteiger charge is -1.98. The molecule has 2 aromatic rings. The fourth-order valence-corrected chi connectivity index (χ4v) is 1.73. The Labute approximate surface area is 86.0 Å². The van der Waals surface area contributed by atoms with Gasteiger partial charge in [0.25, 0.3) is 0 Å². The highest BCUT2D eigenvalue weighted by Crippen LogP contribution is 2.10. The van der Waals surface area contributed by atoms with Crippen molar-refractivity contribution in [3.8, 4) is 0 Å². The van der Waals surface area contributed by atoms with E-state index in [0.717, 1.165) is 0 Å². The molecule has 1 aromatic heterocycles. The van der Waals surface area contributed by atoms with Crippen molar-refractivity contribution in [2.75, 3.05) is 0 Å². The summed E-state index contributed by atoms with van der Waals surface area (Å²) in [5.74, 6) is -0.731. The lowest BCUT2D eigenvalue weighted by molar-refractivity contribution is 0.550. The van der Waals surface area contributed by atoms with Gasteiger partial charge in [-0.15, -0.1) is 3.89 Å². The van der Waals surface area contributed by atoms with Crippen molar-refractivity contribution in [3.63, 3.8) is 0 Å². The van der Waals surface area contributed by atoms with Crippen LogP contribution < -0.4 is 0 Å². The average Bonchev–Trinajstić information content (AvgIpc) is 2.15. The van der Waals surface area contributed by atoms with E-state index in [0.29, 0.717) is 11.0 Å². The van der Waals surface area contributed by atoms with Gasteiger partial charge in [-0.05, 0) is 12.1 Å². The second kappa shape index (κ2) is 3.54. The summed E-state index contributed by atoms with van der Waals surface area (Å²) in [7, 11) is -4.55. The number of halogens is 1. The molecule has 0 unspecified atom stereocenters. The number of aromatic nitrogens is 2. The van der Waals surface area contributed by atoms with Crippen molar-refractivity contribution in [2.24, 2.45) is 0 Å². The monoisotopic (exact) mass is 226 g/mol. The number of hydrogen-bond acceptors (Lipinski definition) is 4. The maximum Gasteiger partial charge on any atom is 0.308 e. The van der Waals surface area contributed by atoms with Gasteiger partial charge in [-0.1, -0.05) is 12.1 Å². The Balaban J connectivity index is 2.48. The minimum atomic E-state index is -4.55. The zero-order valence-electron chi connectivity index (χ0n) is 7.59. The number of hydrogen-bond donors (Lipinski definition) is 0. The molecule has 78 valence electrons. The minimum Gasteiger partial charge on any atom is -0.253 e. The van der Waals surface area contributed by atoms with Crippen molar-refractivity contribution < 1.29 is 12.3 Å². The third kappa shape index (κ3) is 2.47. The lowest BCUT2D eigenvalue weighted by atomic mass is 10.3. The van der Waals surface area contributed by atoms with Crippen LogP contribution in [0.2, 0.25) is 0 Å². The molecule has 4 nitrogen and oxygen atoms in total. The van der Waals surface area contributed by atoms with E-state index in [4.69, 9.17) is 0 Å². The molecular formula is C9H7FN2O2S. The molecule has 0 N–H and O–H groups in total. The van der Waals surface area contributed by atoms with Crippen LogP contribution in [0.1, 0.15) is 5.69 Å². The highest BCUT2D eigenvalue weighted by atomic mass is 32.3. The van der Waals surface area contributed by atoms with Crippen LogP contribution in [0.5, 0.6) is 0 Å². The fourth-order valence-electron chi connectivity index (χ4n) is 1.24. The molecule has 0 bridgehead atoms. The molecule has 1 aromatic carbocycles. The summed E-state index contributed by atoms with van der Waals surface area (Å²) in [5, 5.41) is 0. The van der Waals surface area contributed by atoms with E-state index >= 15 is 0 Å². The SMILES string of the molecule is O=S(=O)(F)Cc1cnc2ccccc2n1. The standard InChI is InChI=1S/C9H7FN2O2S/c10-15(13,14)6-7-5-11-8-3-1-2-4-9(8)12-7/h1-5H,6H2. The average molecular weight is 226 g/mol. The molecule has 0 fully saturated rings. The molecule has 0 saturated heterocycles. The highest BCUT2D eigenvalue weighted by Gasteiger charge is 2.10. The number of nitrogens with zero attached hydrogens (tertiary/aromatic N) is 2. The molecular weight excluding hydrogens is 219 g/mol. The van der Waals surface area contributed by atoms with Gasteiger partial charge < -0.3 is 0 Å². The summed E-state index contributed by atoms with van der Waals surface area (Å²) < 4.78 is 33.2. The molecule has 1 heterocycles. The molecule has 0 atom stereocenters. The summed E-state index contributed by atoms with van der Waals surface area (Å²) in [6.45, 7) is 0. The van der Waals surface area contributed by atoms with Crippen LogP contribution in [0.4, 0.5) is 3.89 Å². The molecule has 0 aliphatic carbocycles. The van der Waals surface area contributed by atoms with Gasteiger partial charge >= 0.3 is 10.2 Å². The molecule has 6 heteroatoms. The zero-order valence-corrected chi connectivity index (χ0v) is 8.41. The zero-order chi connectivity index (χ0) is 10.9. The van der Waals surface area contributed by atoms with Crippen molar-refractivity contribution in [3.05, 3.63) is 36.2 Å². The van der Waals surface area contributed by atoms with Crippen molar-refractivity contribution in [2.45, 2.75) is 5.75 Å². The summed E-state index contributed by atoms with van der Waals surface area (Å²) in [4.78, 5) is 7.95. The molecule has 15 heavy (non-hydrogen) atoms. The van der Waals surface area contributed by atoms with Crippen molar-refractivity contribution >= 4 is 21.3 Å². The Morgan fingerprint density at radius 3 is 2.53 bits per heavy atom. The van der Waals surface area contributed by atoms with Crippen LogP contribution in [0.15, 0.2) is 30.5 Å². The lowest BCUT2D eigenvalue weighted by Crippen LogP contribution is -2.00. The Morgan fingerprint density at radius 1 is 1.20 bits per heavy atom. The quantitative estimate of drug-likeness (QED) is 0.727. The first kappa shape index (κ1) is 9.97. The van der Waals surface area contributed by atoms with E-state index in [-0.39, 0.29) is 5.69 Å². The highest BCUT2D eigenvalue weighted by molar-refractivity contribution is 7.85. The number of fused-ring (bicyclic) bond motifs is 1. The second-order valence-corrected chi connectivity index (χ2v) is 4.40. The Morgan fingerprint density at radius 2 is 1.87 bits per heavy atom. The summed E-state index contributed by atoms with van der Waals surface area (Å²) in [6, 6.07) is 6.99. The first-order valence-electron chi connectivity index (χ1n) is 4.17. The van der Waals surface area contributed by atoms with E-state index in [1.165, 1.54) is 6.20 Å². The predicted molar refractivity (Wildman–Crippen MR) is 53.3 cm³/mol. The van der Waals surface area contributed by atoms with E-state index < -0.39 is 16.0 Å². The summed E-state index contributed by atoms with van der Waals surface area (Å²) in [5.41, 5.74) is 1.31. The van der Waals surface area contributed by atoms with E-state index in [2.05, 4.69) is 9.97 Å². The molecule has 0 radical (unpaired) electrons. The maximum atomic E-state index is 12.4. The molecule has 0 aliphatic heterocycles. The van der Waals surface area contributed by atoms with Gasteiger partial charge in [0.1, 0.15) is 5.75 Å². The van der Waals surface area contributed by atoms with Gasteiger partial charge in [-0.2, -0.15) is 8.42 Å². The third-order valence-corrected chi connectivity index (χ3v) is 2.46. The van der Waals surface area contributed by atoms with Crippen LogP contribution in [-0.4, -0.2) is 18.4 Å². The van der Waals surface area contributed by atoms with Crippen molar-refractivity contribution in [1.82, 2.24) is 9.97 Å². The smallest absolute Gasteiger partial charge is 0.253 e. The normalized spacial score (nSPS) is 11.8. The molecule has 0 saturated carbocycles. The topological polar surface area (TPSA) is 59.9 Å². The molecule has 0 spiro atoms. The Hall–Kier alpha value is -1.56. The molecule has 0 amide bonds. The van der Waals surface area contributed by atoms with Crippen LogP contribution in [-0.2, 0) is 16.0 Å². The van der Waals surface area contributed by atoms with Gasteiger partial charge in [0.2, 0.25) is 0 Å². The van der Waals surface area contributed by atoms with Crippen molar-refractivity contribution in [1.29, 1.82) is 0 Å². The number of para-hydroxylation sites is 2. The van der Waals surface area contributed by atoms with E-state index in [9.17, 15) is 12.3 Å². The molecule has 2 rings (SSSR count).